The van der Waals surface area contributed by atoms with Gasteiger partial charge >= 0.3 is 0 Å². The van der Waals surface area contributed by atoms with E-state index in [0.29, 0.717) is 19.0 Å². The molecular formula is C12H18N4. The summed E-state index contributed by atoms with van der Waals surface area (Å²) >= 11 is 0. The Hall–Kier alpha value is -1.63. The maximum absolute atomic E-state index is 8.63. The molecule has 1 aromatic rings. The van der Waals surface area contributed by atoms with E-state index in [-0.39, 0.29) is 0 Å². The third kappa shape index (κ3) is 2.93. The number of rotatable bonds is 4. The van der Waals surface area contributed by atoms with Gasteiger partial charge in [-0.25, -0.2) is 4.98 Å². The Morgan fingerprint density at radius 3 is 2.56 bits per heavy atom. The highest BCUT2D eigenvalue weighted by molar-refractivity contribution is 5.38. The second-order valence-electron chi connectivity index (χ2n) is 4.09. The number of aryl methyl sites for hydroxylation is 2. The van der Waals surface area contributed by atoms with Crippen LogP contribution in [0.5, 0.6) is 0 Å². The first-order chi connectivity index (χ1) is 7.56. The predicted octanol–water partition coefficient (Wildman–Crippen LogP) is 2.22. The Balaban J connectivity index is 2.93. The van der Waals surface area contributed by atoms with Gasteiger partial charge < -0.3 is 4.90 Å². The van der Waals surface area contributed by atoms with Crippen LogP contribution >= 0.6 is 0 Å². The highest BCUT2D eigenvalue weighted by Crippen LogP contribution is 2.15. The van der Waals surface area contributed by atoms with Gasteiger partial charge in [0.05, 0.1) is 30.1 Å². The zero-order valence-electron chi connectivity index (χ0n) is 10.4. The number of hydrogen-bond donors (Lipinski definition) is 0. The van der Waals surface area contributed by atoms with Gasteiger partial charge in [0.2, 0.25) is 0 Å². The smallest absolute Gasteiger partial charge is 0.147 e. The largest absolute Gasteiger partial charge is 0.352 e. The number of nitriles is 1. The monoisotopic (exact) mass is 218 g/mol. The minimum absolute atomic E-state index is 0.324. The molecule has 0 saturated heterocycles. The average Bonchev–Trinajstić information content (AvgIpc) is 2.23. The molecule has 0 aromatic carbocycles. The summed E-state index contributed by atoms with van der Waals surface area (Å²) in [5, 5.41) is 8.63. The minimum atomic E-state index is 0.324. The second kappa shape index (κ2) is 5.45. The number of anilines is 1. The molecule has 0 saturated carbocycles. The van der Waals surface area contributed by atoms with Crippen molar-refractivity contribution in [3.63, 3.8) is 0 Å². The number of hydrogen-bond acceptors (Lipinski definition) is 4. The van der Waals surface area contributed by atoms with Gasteiger partial charge in [-0.2, -0.15) is 5.26 Å². The summed E-state index contributed by atoms with van der Waals surface area (Å²) in [6.45, 7) is 8.78. The molecule has 0 aliphatic carbocycles. The Kier molecular flexibility index (Phi) is 4.24. The van der Waals surface area contributed by atoms with Crippen molar-refractivity contribution in [1.82, 2.24) is 9.97 Å². The molecule has 0 amide bonds. The van der Waals surface area contributed by atoms with E-state index in [2.05, 4.69) is 34.8 Å². The molecule has 0 radical (unpaired) electrons. The van der Waals surface area contributed by atoms with E-state index in [4.69, 9.17) is 5.26 Å². The average molecular weight is 218 g/mol. The Morgan fingerprint density at radius 2 is 2.06 bits per heavy atom. The lowest BCUT2D eigenvalue weighted by molar-refractivity contribution is 0.673. The third-order valence-corrected chi connectivity index (χ3v) is 2.56. The van der Waals surface area contributed by atoms with Crippen LogP contribution in [0.1, 0.15) is 31.7 Å². The van der Waals surface area contributed by atoms with Crippen LogP contribution in [0.4, 0.5) is 5.82 Å². The number of nitrogens with zero attached hydrogens (tertiary/aromatic N) is 4. The zero-order chi connectivity index (χ0) is 12.1. The van der Waals surface area contributed by atoms with Crippen LogP contribution in [0, 0.1) is 25.2 Å². The van der Waals surface area contributed by atoms with E-state index in [1.807, 2.05) is 13.8 Å². The minimum Gasteiger partial charge on any atom is -0.352 e. The molecule has 1 rings (SSSR count). The molecule has 0 atom stereocenters. The molecular weight excluding hydrogens is 200 g/mol. The van der Waals surface area contributed by atoms with Crippen LogP contribution < -0.4 is 4.90 Å². The standard InChI is InChI=1S/C12H18N4/c1-9(2)16(7-5-6-13)12-8-14-10(3)11(4)15-12/h8-9H,5,7H2,1-4H3. The molecule has 0 bridgehead atoms. The summed E-state index contributed by atoms with van der Waals surface area (Å²) in [6, 6.07) is 2.48. The molecule has 0 fully saturated rings. The molecule has 4 nitrogen and oxygen atoms in total. The van der Waals surface area contributed by atoms with Crippen LogP contribution in [0.3, 0.4) is 0 Å². The summed E-state index contributed by atoms with van der Waals surface area (Å²) in [6.07, 6.45) is 2.28. The fourth-order valence-electron chi connectivity index (χ4n) is 1.48. The van der Waals surface area contributed by atoms with E-state index in [9.17, 15) is 0 Å². The van der Waals surface area contributed by atoms with Crippen LogP contribution in [0.2, 0.25) is 0 Å². The van der Waals surface area contributed by atoms with Crippen molar-refractivity contribution in [1.29, 1.82) is 5.26 Å². The maximum Gasteiger partial charge on any atom is 0.147 e. The van der Waals surface area contributed by atoms with Gasteiger partial charge in [-0.15, -0.1) is 0 Å². The molecule has 0 spiro atoms. The maximum atomic E-state index is 8.63. The van der Waals surface area contributed by atoms with Gasteiger partial charge in [0.1, 0.15) is 5.82 Å². The van der Waals surface area contributed by atoms with Gasteiger partial charge in [-0.05, 0) is 27.7 Å². The van der Waals surface area contributed by atoms with Crippen molar-refractivity contribution in [2.24, 2.45) is 0 Å². The van der Waals surface area contributed by atoms with E-state index in [1.165, 1.54) is 0 Å². The van der Waals surface area contributed by atoms with Crippen LogP contribution in [-0.4, -0.2) is 22.6 Å². The van der Waals surface area contributed by atoms with Crippen LogP contribution in [0.15, 0.2) is 6.20 Å². The zero-order valence-corrected chi connectivity index (χ0v) is 10.4. The topological polar surface area (TPSA) is 52.8 Å². The predicted molar refractivity (Wildman–Crippen MR) is 64.2 cm³/mol. The summed E-state index contributed by atoms with van der Waals surface area (Å²) < 4.78 is 0. The highest BCUT2D eigenvalue weighted by atomic mass is 15.2. The fraction of sp³-hybridized carbons (Fsp3) is 0.583. The molecule has 86 valence electrons. The first-order valence-corrected chi connectivity index (χ1v) is 5.50. The lowest BCUT2D eigenvalue weighted by Gasteiger charge is -2.26. The molecule has 16 heavy (non-hydrogen) atoms. The van der Waals surface area contributed by atoms with Crippen LogP contribution in [0.25, 0.3) is 0 Å². The van der Waals surface area contributed by atoms with E-state index < -0.39 is 0 Å². The van der Waals surface area contributed by atoms with Gasteiger partial charge in [0, 0.05) is 12.6 Å². The van der Waals surface area contributed by atoms with Gasteiger partial charge in [0.15, 0.2) is 0 Å². The van der Waals surface area contributed by atoms with Crippen molar-refractivity contribution in [2.75, 3.05) is 11.4 Å². The third-order valence-electron chi connectivity index (χ3n) is 2.56. The Labute approximate surface area is 96.9 Å². The molecule has 0 unspecified atom stereocenters. The summed E-state index contributed by atoms with van der Waals surface area (Å²) in [5.74, 6) is 0.855. The van der Waals surface area contributed by atoms with E-state index in [1.54, 1.807) is 6.20 Å². The van der Waals surface area contributed by atoms with Crippen molar-refractivity contribution in [3.8, 4) is 6.07 Å². The summed E-state index contributed by atoms with van der Waals surface area (Å²) in [7, 11) is 0. The van der Waals surface area contributed by atoms with Crippen LogP contribution in [-0.2, 0) is 0 Å². The molecule has 0 aliphatic heterocycles. The number of aromatic nitrogens is 2. The SMILES string of the molecule is Cc1ncc(N(CCC#N)C(C)C)nc1C. The van der Waals surface area contributed by atoms with Crippen molar-refractivity contribution < 1.29 is 0 Å². The summed E-state index contributed by atoms with van der Waals surface area (Å²) in [5.41, 5.74) is 1.90. The van der Waals surface area contributed by atoms with Crippen molar-refractivity contribution in [2.45, 2.75) is 40.2 Å². The molecule has 1 heterocycles. The van der Waals surface area contributed by atoms with Gasteiger partial charge in [-0.1, -0.05) is 0 Å². The quantitative estimate of drug-likeness (QED) is 0.777. The Morgan fingerprint density at radius 1 is 1.38 bits per heavy atom. The molecule has 4 heteroatoms. The first kappa shape index (κ1) is 12.4. The van der Waals surface area contributed by atoms with Crippen molar-refractivity contribution >= 4 is 5.82 Å². The molecule has 0 N–H and O–H groups in total. The highest BCUT2D eigenvalue weighted by Gasteiger charge is 2.12. The molecule has 1 aromatic heterocycles. The first-order valence-electron chi connectivity index (χ1n) is 5.50. The lowest BCUT2D eigenvalue weighted by atomic mass is 10.3. The summed E-state index contributed by atoms with van der Waals surface area (Å²) in [4.78, 5) is 10.9. The fourth-order valence-corrected chi connectivity index (χ4v) is 1.48. The van der Waals surface area contributed by atoms with Gasteiger partial charge in [-0.3, -0.25) is 4.98 Å². The van der Waals surface area contributed by atoms with Gasteiger partial charge in [0.25, 0.3) is 0 Å². The Bertz CT molecular complexity index is 392. The lowest BCUT2D eigenvalue weighted by Crippen LogP contribution is -2.32. The molecule has 0 aliphatic rings. The normalized spacial score (nSPS) is 10.2. The van der Waals surface area contributed by atoms with E-state index in [0.717, 1.165) is 17.2 Å². The van der Waals surface area contributed by atoms with E-state index >= 15 is 0 Å². The second-order valence-corrected chi connectivity index (χ2v) is 4.09. The van der Waals surface area contributed by atoms with Crippen molar-refractivity contribution in [3.05, 3.63) is 17.6 Å².